The summed E-state index contributed by atoms with van der Waals surface area (Å²) in [5.74, 6) is -0.435. The number of hydrogen-bond donors (Lipinski definition) is 0. The van der Waals surface area contributed by atoms with Crippen molar-refractivity contribution in [3.05, 3.63) is 46.2 Å². The summed E-state index contributed by atoms with van der Waals surface area (Å²) < 4.78 is 12.3. The monoisotopic (exact) mass is 370 g/mol. The predicted molar refractivity (Wildman–Crippen MR) is 98.3 cm³/mol. The molecule has 27 heavy (non-hydrogen) atoms. The Labute approximate surface area is 156 Å². The van der Waals surface area contributed by atoms with E-state index in [-0.39, 0.29) is 36.4 Å². The lowest BCUT2D eigenvalue weighted by atomic mass is 9.81. The highest BCUT2D eigenvalue weighted by Gasteiger charge is 2.57. The standard InChI is InChI=1S/C20H22N2O5/c1-13-7-17(23)15-5-3-4-6-16(15)22(13)9-18(24)21-8-14-10-27-12-20(14,11-21)19(25)26-2/h3-7,14H,8-12H2,1-2H3/t14-,20-/m0/s1. The maximum Gasteiger partial charge on any atom is 0.316 e. The third kappa shape index (κ3) is 2.73. The van der Waals surface area contributed by atoms with Crippen LogP contribution in [0.5, 0.6) is 0 Å². The quantitative estimate of drug-likeness (QED) is 0.752. The Morgan fingerprint density at radius 1 is 1.33 bits per heavy atom. The number of likely N-dealkylation sites (tertiary alicyclic amines) is 1. The van der Waals surface area contributed by atoms with Gasteiger partial charge in [-0.3, -0.25) is 14.4 Å². The number of esters is 1. The average molecular weight is 370 g/mol. The molecule has 0 spiro atoms. The van der Waals surface area contributed by atoms with Gasteiger partial charge in [0.1, 0.15) is 12.0 Å². The van der Waals surface area contributed by atoms with Crippen LogP contribution in [0.4, 0.5) is 0 Å². The van der Waals surface area contributed by atoms with Gasteiger partial charge in [0.05, 0.1) is 25.8 Å². The molecular formula is C20H22N2O5. The summed E-state index contributed by atoms with van der Waals surface area (Å²) in [6.07, 6.45) is 0. The average Bonchev–Trinajstić information content (AvgIpc) is 3.22. The molecule has 2 fully saturated rings. The molecule has 4 rings (SSSR count). The number of benzene rings is 1. The van der Waals surface area contributed by atoms with Crippen LogP contribution in [-0.2, 0) is 25.6 Å². The van der Waals surface area contributed by atoms with Gasteiger partial charge >= 0.3 is 5.97 Å². The van der Waals surface area contributed by atoms with Crippen LogP contribution in [0.15, 0.2) is 35.1 Å². The fourth-order valence-corrected chi connectivity index (χ4v) is 4.32. The molecule has 2 aliphatic rings. The van der Waals surface area contributed by atoms with Crippen LogP contribution in [0.3, 0.4) is 0 Å². The van der Waals surface area contributed by atoms with Gasteiger partial charge in [-0.15, -0.1) is 0 Å². The molecule has 7 heteroatoms. The summed E-state index contributed by atoms with van der Waals surface area (Å²) >= 11 is 0. The molecule has 0 N–H and O–H groups in total. The maximum absolute atomic E-state index is 13.0. The highest BCUT2D eigenvalue weighted by molar-refractivity contribution is 5.85. The summed E-state index contributed by atoms with van der Waals surface area (Å²) in [4.78, 5) is 39.3. The smallest absolute Gasteiger partial charge is 0.316 e. The number of hydrogen-bond acceptors (Lipinski definition) is 5. The number of pyridine rings is 1. The van der Waals surface area contributed by atoms with E-state index in [0.717, 1.165) is 11.2 Å². The molecular weight excluding hydrogens is 348 g/mol. The molecule has 2 aliphatic heterocycles. The Hall–Kier alpha value is -2.67. The van der Waals surface area contributed by atoms with Gasteiger partial charge in [-0.1, -0.05) is 12.1 Å². The van der Waals surface area contributed by atoms with Crippen molar-refractivity contribution in [2.75, 3.05) is 33.4 Å². The van der Waals surface area contributed by atoms with Crippen LogP contribution in [0, 0.1) is 18.3 Å². The highest BCUT2D eigenvalue weighted by Crippen LogP contribution is 2.42. The number of rotatable bonds is 3. The van der Waals surface area contributed by atoms with E-state index in [1.807, 2.05) is 29.7 Å². The van der Waals surface area contributed by atoms with Gasteiger partial charge in [-0.25, -0.2) is 0 Å². The zero-order valence-electron chi connectivity index (χ0n) is 15.4. The number of fused-ring (bicyclic) bond motifs is 2. The Bertz CT molecular complexity index is 982. The van der Waals surface area contributed by atoms with E-state index < -0.39 is 5.41 Å². The Morgan fingerprint density at radius 3 is 2.89 bits per heavy atom. The predicted octanol–water partition coefficient (Wildman–Crippen LogP) is 0.958. The van der Waals surface area contributed by atoms with Gasteiger partial charge in [0.15, 0.2) is 5.43 Å². The fraction of sp³-hybridized carbons (Fsp3) is 0.450. The molecule has 0 radical (unpaired) electrons. The van der Waals surface area contributed by atoms with Crippen LogP contribution in [0.25, 0.3) is 10.9 Å². The first-order valence-electron chi connectivity index (χ1n) is 8.99. The molecule has 7 nitrogen and oxygen atoms in total. The molecule has 2 aromatic rings. The number of nitrogens with zero attached hydrogens (tertiary/aromatic N) is 2. The van der Waals surface area contributed by atoms with Gasteiger partial charge in [0.25, 0.3) is 0 Å². The van der Waals surface area contributed by atoms with Gasteiger partial charge in [-0.2, -0.15) is 0 Å². The Morgan fingerprint density at radius 2 is 2.11 bits per heavy atom. The van der Waals surface area contributed by atoms with E-state index in [9.17, 15) is 14.4 Å². The molecule has 0 unspecified atom stereocenters. The number of para-hydroxylation sites is 1. The Balaban J connectivity index is 1.62. The lowest BCUT2D eigenvalue weighted by Gasteiger charge is -2.24. The summed E-state index contributed by atoms with van der Waals surface area (Å²) in [5, 5.41) is 0.591. The number of carbonyl (C=O) groups excluding carboxylic acids is 2. The zero-order valence-corrected chi connectivity index (χ0v) is 15.4. The first-order valence-corrected chi connectivity index (χ1v) is 8.99. The molecule has 2 atom stereocenters. The number of amides is 1. The van der Waals surface area contributed by atoms with E-state index in [2.05, 4.69) is 0 Å². The van der Waals surface area contributed by atoms with Crippen LogP contribution >= 0.6 is 0 Å². The third-order valence-electron chi connectivity index (χ3n) is 5.84. The van der Waals surface area contributed by atoms with Crippen LogP contribution < -0.4 is 5.43 Å². The molecule has 1 amide bonds. The van der Waals surface area contributed by atoms with E-state index in [4.69, 9.17) is 9.47 Å². The minimum atomic E-state index is -0.759. The molecule has 2 saturated heterocycles. The number of carbonyl (C=O) groups is 2. The second-order valence-electron chi connectivity index (χ2n) is 7.39. The first-order chi connectivity index (χ1) is 13.0. The van der Waals surface area contributed by atoms with Gasteiger partial charge in [0.2, 0.25) is 5.91 Å². The van der Waals surface area contributed by atoms with Crippen molar-refractivity contribution in [1.29, 1.82) is 0 Å². The van der Waals surface area contributed by atoms with Crippen LogP contribution in [0.2, 0.25) is 0 Å². The molecule has 0 bridgehead atoms. The highest BCUT2D eigenvalue weighted by atomic mass is 16.5. The Kier molecular flexibility index (Phi) is 4.26. The first kappa shape index (κ1) is 17.7. The van der Waals surface area contributed by atoms with Crippen molar-refractivity contribution in [2.45, 2.75) is 13.5 Å². The normalized spacial score (nSPS) is 24.2. The summed E-state index contributed by atoms with van der Waals surface area (Å²) in [6, 6.07) is 8.83. The number of aryl methyl sites for hydroxylation is 1. The van der Waals surface area contributed by atoms with E-state index in [1.54, 1.807) is 17.0 Å². The molecule has 1 aromatic carbocycles. The van der Waals surface area contributed by atoms with Crippen molar-refractivity contribution in [3.63, 3.8) is 0 Å². The van der Waals surface area contributed by atoms with Crippen molar-refractivity contribution in [2.24, 2.45) is 11.3 Å². The topological polar surface area (TPSA) is 77.8 Å². The SMILES string of the molecule is COC(=O)[C@@]12COC[C@@H]1CN(C(=O)Cn1c(C)cc(=O)c3ccccc31)C2. The maximum atomic E-state index is 13.0. The molecule has 3 heterocycles. The number of ether oxygens (including phenoxy) is 2. The van der Waals surface area contributed by atoms with E-state index in [1.165, 1.54) is 7.11 Å². The largest absolute Gasteiger partial charge is 0.468 e. The minimum Gasteiger partial charge on any atom is -0.468 e. The zero-order chi connectivity index (χ0) is 19.2. The van der Waals surface area contributed by atoms with Crippen LogP contribution in [0.1, 0.15) is 5.69 Å². The lowest BCUT2D eigenvalue weighted by molar-refractivity contribution is -0.153. The second-order valence-corrected chi connectivity index (χ2v) is 7.39. The lowest BCUT2D eigenvalue weighted by Crippen LogP contribution is -2.41. The second kappa shape index (κ2) is 6.49. The minimum absolute atomic E-state index is 0.0410. The van der Waals surface area contributed by atoms with Crippen LogP contribution in [-0.4, -0.2) is 54.8 Å². The summed E-state index contributed by atoms with van der Waals surface area (Å²) in [5.41, 5.74) is 0.661. The van der Waals surface area contributed by atoms with Gasteiger partial charge in [0, 0.05) is 36.2 Å². The fourth-order valence-electron chi connectivity index (χ4n) is 4.32. The molecule has 1 aromatic heterocycles. The van der Waals surface area contributed by atoms with Crippen molar-refractivity contribution >= 4 is 22.8 Å². The van der Waals surface area contributed by atoms with Crippen molar-refractivity contribution in [3.8, 4) is 0 Å². The number of aromatic nitrogens is 1. The van der Waals surface area contributed by atoms with Gasteiger partial charge in [-0.05, 0) is 19.1 Å². The summed E-state index contributed by atoms with van der Waals surface area (Å²) in [6.45, 7) is 3.47. The van der Waals surface area contributed by atoms with E-state index >= 15 is 0 Å². The van der Waals surface area contributed by atoms with Gasteiger partial charge < -0.3 is 18.9 Å². The molecule has 0 saturated carbocycles. The van der Waals surface area contributed by atoms with Crippen molar-refractivity contribution in [1.82, 2.24) is 9.47 Å². The van der Waals surface area contributed by atoms with E-state index in [0.29, 0.717) is 25.1 Å². The summed E-state index contributed by atoms with van der Waals surface area (Å²) in [7, 11) is 1.37. The van der Waals surface area contributed by atoms with Crippen molar-refractivity contribution < 1.29 is 19.1 Å². The molecule has 0 aliphatic carbocycles. The molecule has 142 valence electrons. The number of methoxy groups -OCH3 is 1. The third-order valence-corrected chi connectivity index (χ3v) is 5.84.